The van der Waals surface area contributed by atoms with Gasteiger partial charge in [0.2, 0.25) is 0 Å². The van der Waals surface area contributed by atoms with Gasteiger partial charge in [-0.25, -0.2) is 0 Å². The Bertz CT molecular complexity index is 595. The largest absolute Gasteiger partial charge is 0.396 e. The number of hydrogen-bond acceptors (Lipinski definition) is 4. The van der Waals surface area contributed by atoms with E-state index in [4.69, 9.17) is 11.6 Å². The first-order chi connectivity index (χ1) is 10.8. The summed E-state index contributed by atoms with van der Waals surface area (Å²) < 4.78 is 0. The number of nitrogens with one attached hydrogen (secondary N) is 1. The van der Waals surface area contributed by atoms with Gasteiger partial charge in [0.1, 0.15) is 0 Å². The molecule has 1 saturated heterocycles. The van der Waals surface area contributed by atoms with Crippen LogP contribution < -0.4 is 10.2 Å². The maximum Gasteiger partial charge on any atom is 0.0603 e. The molecule has 0 saturated carbocycles. The molecule has 2 N–H and O–H groups in total. The number of aliphatic hydroxyl groups excluding tert-OH is 1. The van der Waals surface area contributed by atoms with Gasteiger partial charge in [0.25, 0.3) is 0 Å². The summed E-state index contributed by atoms with van der Waals surface area (Å²) in [6.45, 7) is 3.09. The number of aliphatic hydroxyl groups is 1. The summed E-state index contributed by atoms with van der Waals surface area (Å²) in [5.41, 5.74) is 2.29. The minimum absolute atomic E-state index is 0.304. The third kappa shape index (κ3) is 3.75. The molecule has 0 amide bonds. The maximum atomic E-state index is 9.28. The van der Waals surface area contributed by atoms with E-state index in [0.717, 1.165) is 43.2 Å². The van der Waals surface area contributed by atoms with E-state index in [9.17, 15) is 5.11 Å². The molecule has 1 fully saturated rings. The van der Waals surface area contributed by atoms with Gasteiger partial charge in [-0.1, -0.05) is 17.7 Å². The van der Waals surface area contributed by atoms with Crippen molar-refractivity contribution in [2.45, 2.75) is 19.4 Å². The molecule has 1 aliphatic heterocycles. The van der Waals surface area contributed by atoms with Crippen molar-refractivity contribution in [3.63, 3.8) is 0 Å². The Morgan fingerprint density at radius 1 is 1.27 bits per heavy atom. The predicted molar refractivity (Wildman–Crippen MR) is 95.1 cm³/mol. The van der Waals surface area contributed by atoms with Crippen LogP contribution in [0.25, 0.3) is 0 Å². The number of hydrogen-bond donors (Lipinski definition) is 2. The second kappa shape index (κ2) is 7.36. The summed E-state index contributed by atoms with van der Waals surface area (Å²) in [6, 6.07) is 10.3. The Morgan fingerprint density at radius 3 is 2.77 bits per heavy atom. The lowest BCUT2D eigenvalue weighted by Crippen LogP contribution is -2.35. The molecule has 1 aromatic heterocycles. The van der Waals surface area contributed by atoms with Crippen LogP contribution in [0.4, 0.5) is 11.4 Å². The van der Waals surface area contributed by atoms with Crippen LogP contribution >= 0.6 is 22.9 Å². The van der Waals surface area contributed by atoms with Gasteiger partial charge in [0.05, 0.1) is 11.4 Å². The molecule has 3 nitrogen and oxygen atoms in total. The second-order valence-corrected chi connectivity index (χ2v) is 7.18. The molecule has 1 aliphatic rings. The van der Waals surface area contributed by atoms with E-state index in [0.29, 0.717) is 12.5 Å². The van der Waals surface area contributed by atoms with Crippen LogP contribution in [0.5, 0.6) is 0 Å². The summed E-state index contributed by atoms with van der Waals surface area (Å²) >= 11 is 7.93. The number of piperidine rings is 1. The van der Waals surface area contributed by atoms with Gasteiger partial charge >= 0.3 is 0 Å². The molecule has 0 aliphatic carbocycles. The van der Waals surface area contributed by atoms with Gasteiger partial charge in [0.15, 0.2) is 0 Å². The van der Waals surface area contributed by atoms with Gasteiger partial charge in [0, 0.05) is 36.1 Å². The van der Waals surface area contributed by atoms with Crippen molar-refractivity contribution < 1.29 is 5.11 Å². The van der Waals surface area contributed by atoms with Crippen LogP contribution in [-0.4, -0.2) is 24.8 Å². The lowest BCUT2D eigenvalue weighted by molar-refractivity contribution is 0.203. The Kier molecular flexibility index (Phi) is 5.24. The van der Waals surface area contributed by atoms with Crippen molar-refractivity contribution in [3.05, 3.63) is 45.6 Å². The number of nitrogens with zero attached hydrogens (tertiary/aromatic N) is 1. The molecular weight excluding hydrogens is 316 g/mol. The van der Waals surface area contributed by atoms with E-state index < -0.39 is 0 Å². The van der Waals surface area contributed by atoms with Crippen molar-refractivity contribution >= 4 is 34.3 Å². The van der Waals surface area contributed by atoms with E-state index >= 15 is 0 Å². The molecule has 5 heteroatoms. The fourth-order valence-electron chi connectivity index (χ4n) is 2.88. The SMILES string of the molecule is OCC1CCN(c2ccc(Cl)cc2NCc2cccs2)CC1. The molecule has 0 bridgehead atoms. The number of rotatable bonds is 5. The van der Waals surface area contributed by atoms with E-state index in [2.05, 4.69) is 33.8 Å². The number of thiophene rings is 1. The van der Waals surface area contributed by atoms with Gasteiger partial charge < -0.3 is 15.3 Å². The van der Waals surface area contributed by atoms with Crippen LogP contribution in [0.2, 0.25) is 5.02 Å². The quantitative estimate of drug-likeness (QED) is 0.858. The second-order valence-electron chi connectivity index (χ2n) is 5.71. The first-order valence-corrected chi connectivity index (χ1v) is 8.93. The Balaban J connectivity index is 1.73. The highest BCUT2D eigenvalue weighted by molar-refractivity contribution is 7.09. The van der Waals surface area contributed by atoms with Crippen LogP contribution in [-0.2, 0) is 6.54 Å². The van der Waals surface area contributed by atoms with Crippen LogP contribution in [0.1, 0.15) is 17.7 Å². The van der Waals surface area contributed by atoms with E-state index in [1.54, 1.807) is 11.3 Å². The average Bonchev–Trinajstić information content (AvgIpc) is 3.07. The molecule has 1 aromatic carbocycles. The fraction of sp³-hybridized carbons (Fsp3) is 0.412. The summed E-state index contributed by atoms with van der Waals surface area (Å²) in [5, 5.41) is 15.6. The summed E-state index contributed by atoms with van der Waals surface area (Å²) in [6.07, 6.45) is 2.09. The highest BCUT2D eigenvalue weighted by atomic mass is 35.5. The third-order valence-corrected chi connectivity index (χ3v) is 5.32. The minimum Gasteiger partial charge on any atom is -0.396 e. The van der Waals surface area contributed by atoms with Gasteiger partial charge in [-0.05, 0) is 48.4 Å². The standard InChI is InChI=1S/C17H21ClN2OS/c18-14-3-4-17(20-7-5-13(12-21)6-8-20)16(10-14)19-11-15-2-1-9-22-15/h1-4,9-10,13,19,21H,5-8,11-12H2. The van der Waals surface area contributed by atoms with E-state index in [1.165, 1.54) is 10.6 Å². The zero-order valence-electron chi connectivity index (χ0n) is 12.5. The normalized spacial score (nSPS) is 16.0. The van der Waals surface area contributed by atoms with Crippen molar-refractivity contribution in [2.24, 2.45) is 5.92 Å². The van der Waals surface area contributed by atoms with Crippen molar-refractivity contribution in [1.82, 2.24) is 0 Å². The van der Waals surface area contributed by atoms with Crippen molar-refractivity contribution in [3.8, 4) is 0 Å². The summed E-state index contributed by atoms with van der Waals surface area (Å²) in [4.78, 5) is 3.70. The van der Waals surface area contributed by atoms with Crippen LogP contribution in [0, 0.1) is 5.92 Å². The molecule has 3 rings (SSSR count). The van der Waals surface area contributed by atoms with Crippen LogP contribution in [0.3, 0.4) is 0 Å². The lowest BCUT2D eigenvalue weighted by atomic mass is 9.97. The third-order valence-electron chi connectivity index (χ3n) is 4.21. The van der Waals surface area contributed by atoms with Crippen molar-refractivity contribution in [1.29, 1.82) is 0 Å². The maximum absolute atomic E-state index is 9.28. The zero-order chi connectivity index (χ0) is 15.4. The van der Waals surface area contributed by atoms with Gasteiger partial charge in [-0.2, -0.15) is 0 Å². The average molecular weight is 337 g/mol. The monoisotopic (exact) mass is 336 g/mol. The summed E-state index contributed by atoms with van der Waals surface area (Å²) in [5.74, 6) is 0.450. The highest BCUT2D eigenvalue weighted by Crippen LogP contribution is 2.32. The molecule has 0 unspecified atom stereocenters. The topological polar surface area (TPSA) is 35.5 Å². The van der Waals surface area contributed by atoms with Gasteiger partial charge in [-0.3, -0.25) is 0 Å². The molecule has 0 radical (unpaired) electrons. The lowest BCUT2D eigenvalue weighted by Gasteiger charge is -2.34. The van der Waals surface area contributed by atoms with E-state index in [-0.39, 0.29) is 0 Å². The first-order valence-electron chi connectivity index (χ1n) is 7.68. The highest BCUT2D eigenvalue weighted by Gasteiger charge is 2.20. The smallest absolute Gasteiger partial charge is 0.0603 e. The zero-order valence-corrected chi connectivity index (χ0v) is 14.0. The molecule has 0 atom stereocenters. The number of anilines is 2. The Hall–Kier alpha value is -1.23. The predicted octanol–water partition coefficient (Wildman–Crippen LogP) is 4.22. The number of benzene rings is 1. The molecule has 2 heterocycles. The molecule has 0 spiro atoms. The minimum atomic E-state index is 0.304. The summed E-state index contributed by atoms with van der Waals surface area (Å²) in [7, 11) is 0. The van der Waals surface area contributed by atoms with Crippen molar-refractivity contribution in [2.75, 3.05) is 29.9 Å². The van der Waals surface area contributed by atoms with Crippen LogP contribution in [0.15, 0.2) is 35.7 Å². The fourth-order valence-corrected chi connectivity index (χ4v) is 3.69. The molecular formula is C17H21ClN2OS. The molecule has 22 heavy (non-hydrogen) atoms. The Morgan fingerprint density at radius 2 is 2.09 bits per heavy atom. The Labute approximate surface area is 140 Å². The first kappa shape index (κ1) is 15.7. The molecule has 2 aromatic rings. The molecule has 118 valence electrons. The van der Waals surface area contributed by atoms with E-state index in [1.807, 2.05) is 12.1 Å². The van der Waals surface area contributed by atoms with Gasteiger partial charge in [-0.15, -0.1) is 11.3 Å². The number of halogens is 1.